The van der Waals surface area contributed by atoms with Crippen LogP contribution < -0.4 is 15.4 Å². The first-order chi connectivity index (χ1) is 11.1. The second-order valence-corrected chi connectivity index (χ2v) is 5.22. The summed E-state index contributed by atoms with van der Waals surface area (Å²) in [7, 11) is 0. The van der Waals surface area contributed by atoms with E-state index in [1.807, 2.05) is 26.0 Å². The van der Waals surface area contributed by atoms with E-state index in [9.17, 15) is 4.79 Å². The summed E-state index contributed by atoms with van der Waals surface area (Å²) in [5, 5.41) is 17.0. The molecular weight excluding hydrogens is 316 g/mol. The number of benzene rings is 1. The van der Waals surface area contributed by atoms with Crippen LogP contribution in [-0.2, 0) is 11.3 Å². The van der Waals surface area contributed by atoms with Crippen molar-refractivity contribution >= 4 is 29.2 Å². The Morgan fingerprint density at radius 2 is 2.09 bits per heavy atom. The van der Waals surface area contributed by atoms with Gasteiger partial charge in [0.15, 0.2) is 11.7 Å². The van der Waals surface area contributed by atoms with Crippen molar-refractivity contribution in [3.05, 3.63) is 29.8 Å². The zero-order valence-electron chi connectivity index (χ0n) is 12.9. The van der Waals surface area contributed by atoms with Crippen molar-refractivity contribution < 1.29 is 9.53 Å². The van der Waals surface area contributed by atoms with Crippen LogP contribution in [0, 0.1) is 6.92 Å². The molecule has 0 bridgehead atoms. The molecule has 1 aromatic heterocycles. The summed E-state index contributed by atoms with van der Waals surface area (Å²) >= 11 is 5.02. The van der Waals surface area contributed by atoms with Crippen LogP contribution in [0.25, 0.3) is 0 Å². The molecule has 0 atom stereocenters. The van der Waals surface area contributed by atoms with Gasteiger partial charge in [-0.25, -0.2) is 0 Å². The van der Waals surface area contributed by atoms with Gasteiger partial charge >= 0.3 is 0 Å². The van der Waals surface area contributed by atoms with Crippen molar-refractivity contribution in [2.75, 3.05) is 11.9 Å². The molecule has 0 spiro atoms. The normalized spacial score (nSPS) is 10.2. The first kappa shape index (κ1) is 16.8. The molecule has 1 aromatic carbocycles. The highest BCUT2D eigenvalue weighted by Crippen LogP contribution is 2.10. The Bertz CT molecular complexity index is 670. The van der Waals surface area contributed by atoms with Gasteiger partial charge in [-0.2, -0.15) is 4.80 Å². The second kappa shape index (κ2) is 8.18. The molecule has 9 heteroatoms. The minimum Gasteiger partial charge on any atom is -0.484 e. The third kappa shape index (κ3) is 5.62. The fourth-order valence-corrected chi connectivity index (χ4v) is 1.87. The summed E-state index contributed by atoms with van der Waals surface area (Å²) in [5.74, 6) is 0.487. The molecule has 2 N–H and O–H groups in total. The van der Waals surface area contributed by atoms with Gasteiger partial charge in [-0.05, 0) is 42.9 Å². The van der Waals surface area contributed by atoms with Crippen LogP contribution >= 0.6 is 12.2 Å². The number of hydrogen-bond acceptors (Lipinski definition) is 6. The van der Waals surface area contributed by atoms with Gasteiger partial charge in [0.05, 0.1) is 6.54 Å². The maximum atomic E-state index is 11.8. The summed E-state index contributed by atoms with van der Waals surface area (Å²) in [6.07, 6.45) is 0.896. The summed E-state index contributed by atoms with van der Waals surface area (Å²) < 4.78 is 5.36. The zero-order chi connectivity index (χ0) is 16.7. The molecule has 0 aliphatic rings. The molecule has 0 radical (unpaired) electrons. The number of amides is 1. The lowest BCUT2D eigenvalue weighted by molar-refractivity contribution is -0.121. The van der Waals surface area contributed by atoms with Gasteiger partial charge in [0.1, 0.15) is 5.75 Å². The lowest BCUT2D eigenvalue weighted by Gasteiger charge is -2.08. The van der Waals surface area contributed by atoms with Gasteiger partial charge in [-0.3, -0.25) is 15.4 Å². The minimum absolute atomic E-state index is 0.0959. The van der Waals surface area contributed by atoms with Gasteiger partial charge in [0.25, 0.3) is 11.9 Å². The fraction of sp³-hybridized carbons (Fsp3) is 0.357. The van der Waals surface area contributed by atoms with Crippen molar-refractivity contribution in [3.8, 4) is 5.75 Å². The zero-order valence-corrected chi connectivity index (χ0v) is 13.8. The molecule has 2 rings (SSSR count). The largest absolute Gasteiger partial charge is 0.484 e. The fourth-order valence-electron chi connectivity index (χ4n) is 1.67. The number of hydrogen-bond donors (Lipinski definition) is 2. The smallest absolute Gasteiger partial charge is 0.269 e. The van der Waals surface area contributed by atoms with Gasteiger partial charge < -0.3 is 4.74 Å². The van der Waals surface area contributed by atoms with E-state index in [1.54, 1.807) is 12.1 Å². The molecule has 8 nitrogen and oxygen atoms in total. The van der Waals surface area contributed by atoms with Crippen LogP contribution in [0.4, 0.5) is 5.95 Å². The number of carbonyl (C=O) groups is 1. The first-order valence-corrected chi connectivity index (χ1v) is 7.55. The molecule has 0 aliphatic carbocycles. The van der Waals surface area contributed by atoms with Crippen LogP contribution in [0.15, 0.2) is 24.3 Å². The standard InChI is InChI=1S/C14H18N6O2S/c1-3-8-20-18-13(17-19-20)16-14(23)15-12(21)9-22-11-6-4-10(2)5-7-11/h4-7H,3,8-9H2,1-2H3,(H2,15,16,18,21,23). The number of rotatable bonds is 6. The first-order valence-electron chi connectivity index (χ1n) is 7.15. The Balaban J connectivity index is 1.75. The molecular formula is C14H18N6O2S. The highest BCUT2D eigenvalue weighted by molar-refractivity contribution is 7.80. The number of thiocarbonyl (C=S) groups is 1. The highest BCUT2D eigenvalue weighted by Gasteiger charge is 2.08. The number of anilines is 1. The van der Waals surface area contributed by atoms with Gasteiger partial charge in [0.2, 0.25) is 0 Å². The van der Waals surface area contributed by atoms with Crippen LogP contribution in [-0.4, -0.2) is 37.8 Å². The van der Waals surface area contributed by atoms with Crippen LogP contribution in [0.1, 0.15) is 18.9 Å². The summed E-state index contributed by atoms with van der Waals surface area (Å²) in [5.41, 5.74) is 1.12. The Morgan fingerprint density at radius 1 is 1.35 bits per heavy atom. The van der Waals surface area contributed by atoms with E-state index in [0.29, 0.717) is 12.3 Å². The number of nitrogens with one attached hydrogen (secondary N) is 2. The predicted molar refractivity (Wildman–Crippen MR) is 89.1 cm³/mol. The van der Waals surface area contributed by atoms with Crippen molar-refractivity contribution in [3.63, 3.8) is 0 Å². The van der Waals surface area contributed by atoms with Crippen LogP contribution in [0.5, 0.6) is 5.75 Å². The quantitative estimate of drug-likeness (QED) is 0.769. The van der Waals surface area contributed by atoms with Crippen molar-refractivity contribution in [2.24, 2.45) is 0 Å². The Labute approximate surface area is 139 Å². The Hall–Kier alpha value is -2.55. The molecule has 1 amide bonds. The third-order valence-electron chi connectivity index (χ3n) is 2.75. The lowest BCUT2D eigenvalue weighted by Crippen LogP contribution is -2.37. The number of tetrazole rings is 1. The molecule has 23 heavy (non-hydrogen) atoms. The Morgan fingerprint density at radius 3 is 2.78 bits per heavy atom. The molecule has 0 fully saturated rings. The number of ether oxygens (including phenoxy) is 1. The predicted octanol–water partition coefficient (Wildman–Crippen LogP) is 1.28. The molecule has 0 aliphatic heterocycles. The average molecular weight is 334 g/mol. The molecule has 122 valence electrons. The topological polar surface area (TPSA) is 94.0 Å². The van der Waals surface area contributed by atoms with Gasteiger partial charge in [-0.1, -0.05) is 29.7 Å². The molecule has 0 saturated heterocycles. The number of aromatic nitrogens is 4. The number of aryl methyl sites for hydroxylation is 2. The second-order valence-electron chi connectivity index (χ2n) is 4.81. The summed E-state index contributed by atoms with van der Waals surface area (Å²) in [6.45, 7) is 4.51. The van der Waals surface area contributed by atoms with E-state index >= 15 is 0 Å². The SMILES string of the molecule is CCCn1nnc(NC(=S)NC(=O)COc2ccc(C)cc2)n1. The van der Waals surface area contributed by atoms with Crippen molar-refractivity contribution in [1.29, 1.82) is 0 Å². The third-order valence-corrected chi connectivity index (χ3v) is 2.95. The summed E-state index contributed by atoms with van der Waals surface area (Å²) in [6, 6.07) is 7.42. The molecule has 2 aromatic rings. The lowest BCUT2D eigenvalue weighted by atomic mass is 10.2. The van der Waals surface area contributed by atoms with E-state index in [0.717, 1.165) is 12.0 Å². The Kier molecular flexibility index (Phi) is 5.98. The average Bonchev–Trinajstić information content (AvgIpc) is 2.94. The van der Waals surface area contributed by atoms with Gasteiger partial charge in [-0.15, -0.1) is 5.10 Å². The maximum absolute atomic E-state index is 11.8. The van der Waals surface area contributed by atoms with Crippen molar-refractivity contribution in [2.45, 2.75) is 26.8 Å². The molecule has 1 heterocycles. The van der Waals surface area contributed by atoms with E-state index in [2.05, 4.69) is 26.0 Å². The minimum atomic E-state index is -0.371. The van der Waals surface area contributed by atoms with Crippen LogP contribution in [0.2, 0.25) is 0 Å². The molecule has 0 unspecified atom stereocenters. The molecule has 0 saturated carbocycles. The number of nitrogens with zero attached hydrogens (tertiary/aromatic N) is 4. The summed E-state index contributed by atoms with van der Waals surface area (Å²) in [4.78, 5) is 13.2. The van der Waals surface area contributed by atoms with E-state index < -0.39 is 0 Å². The highest BCUT2D eigenvalue weighted by atomic mass is 32.1. The monoisotopic (exact) mass is 334 g/mol. The van der Waals surface area contributed by atoms with E-state index in [4.69, 9.17) is 17.0 Å². The maximum Gasteiger partial charge on any atom is 0.269 e. The van der Waals surface area contributed by atoms with E-state index in [1.165, 1.54) is 4.80 Å². The van der Waals surface area contributed by atoms with Crippen molar-refractivity contribution in [1.82, 2.24) is 25.5 Å². The van der Waals surface area contributed by atoms with E-state index in [-0.39, 0.29) is 23.6 Å². The van der Waals surface area contributed by atoms with Crippen LogP contribution in [0.3, 0.4) is 0 Å². The van der Waals surface area contributed by atoms with Gasteiger partial charge in [0, 0.05) is 0 Å². The number of carbonyl (C=O) groups excluding carboxylic acids is 1.